The van der Waals surface area contributed by atoms with Crippen LogP contribution < -0.4 is 11.1 Å². The fourth-order valence-electron chi connectivity index (χ4n) is 2.13. The number of anilines is 1. The van der Waals surface area contributed by atoms with E-state index in [4.69, 9.17) is 17.3 Å². The van der Waals surface area contributed by atoms with Gasteiger partial charge in [0.1, 0.15) is 5.69 Å². The Labute approximate surface area is 146 Å². The second-order valence-electron chi connectivity index (χ2n) is 5.02. The number of H-pyrrole nitrogens is 1. The highest BCUT2D eigenvalue weighted by atomic mass is 35.5. The third kappa shape index (κ3) is 3.64. The highest BCUT2D eigenvalue weighted by Crippen LogP contribution is 2.25. The molecule has 0 unspecified atom stereocenters. The summed E-state index contributed by atoms with van der Waals surface area (Å²) in [5, 5.41) is 5.57. The Hall–Kier alpha value is -2.64. The number of carbonyl (C=O) groups excluding carboxylic acids is 2. The Balaban J connectivity index is 1.68. The second-order valence-corrected chi connectivity index (χ2v) is 6.29. The quantitative estimate of drug-likeness (QED) is 0.651. The van der Waals surface area contributed by atoms with E-state index in [1.54, 1.807) is 29.8 Å². The number of carbonyl (C=O) groups is 2. The van der Waals surface area contributed by atoms with Gasteiger partial charge in [0.2, 0.25) is 5.91 Å². The van der Waals surface area contributed by atoms with Gasteiger partial charge in [-0.2, -0.15) is 0 Å². The molecule has 3 rings (SSSR count). The summed E-state index contributed by atoms with van der Waals surface area (Å²) in [6.45, 7) is 0. The Morgan fingerprint density at radius 1 is 1.33 bits per heavy atom. The van der Waals surface area contributed by atoms with Crippen molar-refractivity contribution in [1.29, 1.82) is 0 Å². The molecule has 0 saturated carbocycles. The average molecular weight is 361 g/mol. The lowest BCUT2D eigenvalue weighted by molar-refractivity contribution is -0.115. The molecule has 4 N–H and O–H groups in total. The van der Waals surface area contributed by atoms with Crippen LogP contribution in [0.2, 0.25) is 5.02 Å². The molecule has 3 aromatic rings. The molecule has 0 aliphatic heterocycles. The summed E-state index contributed by atoms with van der Waals surface area (Å²) in [6, 6.07) is 8.81. The fraction of sp³-hybridized carbons (Fsp3) is 0.0625. The number of hydrogen-bond donors (Lipinski definition) is 3. The minimum atomic E-state index is -0.537. The van der Waals surface area contributed by atoms with E-state index in [1.807, 2.05) is 12.1 Å². The first-order valence-corrected chi connectivity index (χ1v) is 8.26. The highest BCUT2D eigenvalue weighted by Gasteiger charge is 2.12. The number of primary amides is 1. The van der Waals surface area contributed by atoms with E-state index in [9.17, 15) is 9.59 Å². The van der Waals surface area contributed by atoms with Crippen molar-refractivity contribution in [3.63, 3.8) is 0 Å². The van der Waals surface area contributed by atoms with Crippen LogP contribution >= 0.6 is 22.9 Å². The summed E-state index contributed by atoms with van der Waals surface area (Å²) in [4.78, 5) is 30.3. The number of nitrogens with one attached hydrogen (secondary N) is 2. The van der Waals surface area contributed by atoms with E-state index in [0.29, 0.717) is 21.5 Å². The molecular weight excluding hydrogens is 348 g/mol. The van der Waals surface area contributed by atoms with Gasteiger partial charge in [-0.3, -0.25) is 9.59 Å². The van der Waals surface area contributed by atoms with Gasteiger partial charge < -0.3 is 16.0 Å². The third-order valence-electron chi connectivity index (χ3n) is 3.30. The lowest BCUT2D eigenvalue weighted by atomic mass is 10.1. The van der Waals surface area contributed by atoms with Crippen molar-refractivity contribution in [3.8, 4) is 11.3 Å². The van der Waals surface area contributed by atoms with Crippen molar-refractivity contribution in [3.05, 3.63) is 58.2 Å². The highest BCUT2D eigenvalue weighted by molar-refractivity contribution is 7.14. The molecule has 8 heteroatoms. The molecule has 0 bridgehead atoms. The van der Waals surface area contributed by atoms with E-state index in [1.165, 1.54) is 11.3 Å². The summed E-state index contributed by atoms with van der Waals surface area (Å²) in [5.74, 6) is -0.736. The van der Waals surface area contributed by atoms with Crippen LogP contribution in [0.1, 0.15) is 16.1 Å². The number of nitrogens with two attached hydrogens (primary N) is 1. The number of rotatable bonds is 5. The van der Waals surface area contributed by atoms with Gasteiger partial charge in [-0.1, -0.05) is 29.8 Å². The van der Waals surface area contributed by atoms with Gasteiger partial charge in [0.25, 0.3) is 5.91 Å². The van der Waals surface area contributed by atoms with Crippen LogP contribution in [0.15, 0.2) is 41.9 Å². The van der Waals surface area contributed by atoms with E-state index < -0.39 is 5.91 Å². The average Bonchev–Trinajstić information content (AvgIpc) is 3.18. The number of thiazole rings is 1. The predicted molar refractivity (Wildman–Crippen MR) is 94.2 cm³/mol. The lowest BCUT2D eigenvalue weighted by Gasteiger charge is -2.03. The van der Waals surface area contributed by atoms with Crippen LogP contribution in [0, 0.1) is 0 Å². The van der Waals surface area contributed by atoms with E-state index >= 15 is 0 Å². The molecule has 122 valence electrons. The van der Waals surface area contributed by atoms with Crippen LogP contribution in [0.3, 0.4) is 0 Å². The summed E-state index contributed by atoms with van der Waals surface area (Å²) >= 11 is 7.35. The van der Waals surface area contributed by atoms with Crippen LogP contribution in [-0.2, 0) is 11.2 Å². The number of amides is 2. The first kappa shape index (κ1) is 16.2. The molecule has 2 aromatic heterocycles. The summed E-state index contributed by atoms with van der Waals surface area (Å²) in [6.07, 6.45) is 1.81. The monoisotopic (exact) mass is 360 g/mol. The Morgan fingerprint density at radius 3 is 2.83 bits per heavy atom. The number of nitrogens with zero attached hydrogens (tertiary/aromatic N) is 1. The van der Waals surface area contributed by atoms with Gasteiger partial charge in [-0.05, 0) is 17.7 Å². The van der Waals surface area contributed by atoms with Gasteiger partial charge in [-0.15, -0.1) is 11.3 Å². The minimum Gasteiger partial charge on any atom is -0.364 e. The van der Waals surface area contributed by atoms with Gasteiger partial charge in [0.05, 0.1) is 12.1 Å². The zero-order valence-corrected chi connectivity index (χ0v) is 13.9. The van der Waals surface area contributed by atoms with E-state index in [-0.39, 0.29) is 12.3 Å². The first-order chi connectivity index (χ1) is 11.5. The number of aromatic nitrogens is 2. The molecule has 0 fully saturated rings. The lowest BCUT2D eigenvalue weighted by Crippen LogP contribution is -2.14. The fourth-order valence-corrected chi connectivity index (χ4v) is 3.06. The van der Waals surface area contributed by atoms with Crippen LogP contribution in [-0.4, -0.2) is 21.8 Å². The Kier molecular flexibility index (Phi) is 4.64. The maximum absolute atomic E-state index is 12.1. The molecule has 1 aromatic carbocycles. The molecule has 6 nitrogen and oxygen atoms in total. The Bertz CT molecular complexity index is 903. The van der Waals surface area contributed by atoms with Crippen LogP contribution in [0.25, 0.3) is 11.3 Å². The molecule has 0 aliphatic rings. The topological polar surface area (TPSA) is 101 Å². The first-order valence-electron chi connectivity index (χ1n) is 7.00. The van der Waals surface area contributed by atoms with Gasteiger partial charge >= 0.3 is 0 Å². The molecule has 2 amide bonds. The largest absolute Gasteiger partial charge is 0.364 e. The van der Waals surface area contributed by atoms with Crippen molar-refractivity contribution in [2.75, 3.05) is 5.32 Å². The third-order valence-corrected chi connectivity index (χ3v) is 4.43. The molecule has 24 heavy (non-hydrogen) atoms. The second kappa shape index (κ2) is 6.86. The predicted octanol–water partition coefficient (Wildman–Crippen LogP) is 3.07. The SMILES string of the molecule is NC(=O)c1cc(-c2csc(NC(=O)Cc3ccccc3Cl)n2)c[nH]1. The number of hydrogen-bond acceptors (Lipinski definition) is 4. The minimum absolute atomic E-state index is 0.171. The maximum Gasteiger partial charge on any atom is 0.265 e. The molecule has 0 atom stereocenters. The summed E-state index contributed by atoms with van der Waals surface area (Å²) in [7, 11) is 0. The number of benzene rings is 1. The van der Waals surface area contributed by atoms with Crippen molar-refractivity contribution in [2.45, 2.75) is 6.42 Å². The van der Waals surface area contributed by atoms with Gasteiger partial charge in [0, 0.05) is 22.2 Å². The van der Waals surface area contributed by atoms with Crippen molar-refractivity contribution >= 4 is 39.9 Å². The number of aromatic amines is 1. The normalized spacial score (nSPS) is 10.5. The summed E-state index contributed by atoms with van der Waals surface area (Å²) < 4.78 is 0. The van der Waals surface area contributed by atoms with E-state index in [2.05, 4.69) is 15.3 Å². The summed E-state index contributed by atoms with van der Waals surface area (Å²) in [5.41, 5.74) is 7.65. The zero-order chi connectivity index (χ0) is 17.1. The van der Waals surface area contributed by atoms with Crippen LogP contribution in [0.4, 0.5) is 5.13 Å². The molecule has 0 saturated heterocycles. The van der Waals surface area contributed by atoms with Crippen LogP contribution in [0.5, 0.6) is 0 Å². The maximum atomic E-state index is 12.1. The van der Waals surface area contributed by atoms with Gasteiger partial charge in [-0.25, -0.2) is 4.98 Å². The zero-order valence-electron chi connectivity index (χ0n) is 12.4. The molecule has 0 aliphatic carbocycles. The smallest absolute Gasteiger partial charge is 0.265 e. The van der Waals surface area contributed by atoms with E-state index in [0.717, 1.165) is 11.1 Å². The van der Waals surface area contributed by atoms with Crippen molar-refractivity contribution in [2.24, 2.45) is 5.73 Å². The standard InChI is InChI=1S/C16H13ClN4O2S/c17-11-4-2-1-3-9(11)6-14(22)21-16-20-13(8-24-16)10-5-12(15(18)23)19-7-10/h1-5,7-8,19H,6H2,(H2,18,23)(H,20,21,22). The molecule has 0 radical (unpaired) electrons. The molecule has 0 spiro atoms. The molecular formula is C16H13ClN4O2S. The van der Waals surface area contributed by atoms with Crippen molar-refractivity contribution < 1.29 is 9.59 Å². The van der Waals surface area contributed by atoms with Gasteiger partial charge in [0.15, 0.2) is 5.13 Å². The number of halogens is 1. The Morgan fingerprint density at radius 2 is 2.12 bits per heavy atom. The molecule has 2 heterocycles. The van der Waals surface area contributed by atoms with Crippen molar-refractivity contribution in [1.82, 2.24) is 9.97 Å².